The zero-order valence-corrected chi connectivity index (χ0v) is 20.6. The number of rotatable bonds is 6. The third-order valence-electron chi connectivity index (χ3n) is 6.01. The Morgan fingerprint density at radius 2 is 0.788 bits per heavy atom. The number of ether oxygens (including phenoxy) is 1. The predicted molar refractivity (Wildman–Crippen MR) is 147 cm³/mol. The number of halogens is 1. The van der Waals surface area contributed by atoms with Gasteiger partial charge in [0.1, 0.15) is 0 Å². The van der Waals surface area contributed by atoms with E-state index in [1.807, 2.05) is 36.4 Å². The van der Waals surface area contributed by atoms with Gasteiger partial charge in [-0.3, -0.25) is 0 Å². The minimum atomic E-state index is -3.34. The van der Waals surface area contributed by atoms with Gasteiger partial charge in [0.2, 0.25) is 0 Å². The van der Waals surface area contributed by atoms with Gasteiger partial charge in [0.05, 0.1) is 0 Å². The van der Waals surface area contributed by atoms with Crippen LogP contribution in [0.2, 0.25) is 0 Å². The molecule has 3 heteroatoms. The molecule has 0 saturated carbocycles. The summed E-state index contributed by atoms with van der Waals surface area (Å²) in [6.07, 6.45) is 0. The van der Waals surface area contributed by atoms with Crippen LogP contribution in [0.4, 0.5) is 0 Å². The summed E-state index contributed by atoms with van der Waals surface area (Å²) in [7, 11) is 0. The van der Waals surface area contributed by atoms with Crippen LogP contribution in [0.1, 0.15) is 0 Å². The Kier molecular flexibility index (Phi) is 5.89. The van der Waals surface area contributed by atoms with Crippen LogP contribution in [0.25, 0.3) is 0 Å². The molecular weight excluding hydrogens is 487 g/mol. The molecule has 0 aromatic heterocycles. The maximum absolute atomic E-state index is 6.55. The van der Waals surface area contributed by atoms with Crippen molar-refractivity contribution in [1.29, 1.82) is 0 Å². The third-order valence-corrected chi connectivity index (χ3v) is 15.9. The Morgan fingerprint density at radius 1 is 0.424 bits per heavy atom. The molecular formula is C30H24BrOP. The molecule has 0 aliphatic carbocycles. The molecule has 1 nitrogen and oxygen atoms in total. The van der Waals surface area contributed by atoms with Gasteiger partial charge in [0.25, 0.3) is 0 Å². The van der Waals surface area contributed by atoms with E-state index in [1.54, 1.807) is 0 Å². The summed E-state index contributed by atoms with van der Waals surface area (Å²) in [5.41, 5.74) is 0. The molecule has 162 valence electrons. The fourth-order valence-electron chi connectivity index (χ4n) is 4.49. The van der Waals surface area contributed by atoms with Crippen molar-refractivity contribution in [2.75, 3.05) is 0 Å². The van der Waals surface area contributed by atoms with Crippen molar-refractivity contribution in [3.05, 3.63) is 146 Å². The molecule has 0 unspecified atom stereocenters. The quantitative estimate of drug-likeness (QED) is 0.225. The SMILES string of the molecule is BrP(c1ccccc1)(c1ccccc1)(c1ccccc1)c1ccccc1Oc1ccccc1. The van der Waals surface area contributed by atoms with Crippen LogP contribution >= 0.6 is 20.8 Å². The van der Waals surface area contributed by atoms with Crippen LogP contribution in [0.5, 0.6) is 11.5 Å². The topological polar surface area (TPSA) is 9.23 Å². The Balaban J connectivity index is 1.91. The normalized spacial score (nSPS) is 12.5. The van der Waals surface area contributed by atoms with Crippen LogP contribution in [0.3, 0.4) is 0 Å². The zero-order chi connectivity index (χ0) is 22.6. The first kappa shape index (κ1) is 21.6. The van der Waals surface area contributed by atoms with Crippen molar-refractivity contribution in [3.8, 4) is 11.5 Å². The molecule has 0 saturated heterocycles. The van der Waals surface area contributed by atoms with Gasteiger partial charge in [-0.15, -0.1) is 0 Å². The molecule has 5 aromatic carbocycles. The molecule has 5 aromatic rings. The predicted octanol–water partition coefficient (Wildman–Crippen LogP) is 6.94. The van der Waals surface area contributed by atoms with Crippen LogP contribution < -0.4 is 26.0 Å². The Hall–Kier alpha value is -3.19. The molecule has 0 atom stereocenters. The summed E-state index contributed by atoms with van der Waals surface area (Å²) in [6, 6.07) is 50.7. The molecule has 0 amide bonds. The van der Waals surface area contributed by atoms with Crippen LogP contribution in [0, 0.1) is 0 Å². The van der Waals surface area contributed by atoms with Gasteiger partial charge in [-0.2, -0.15) is 0 Å². The van der Waals surface area contributed by atoms with Crippen LogP contribution in [-0.4, -0.2) is 0 Å². The molecule has 0 aliphatic heterocycles. The summed E-state index contributed by atoms with van der Waals surface area (Å²) in [5, 5.41) is 1.48. The fourth-order valence-corrected chi connectivity index (χ4v) is 12.3. The second-order valence-electron chi connectivity index (χ2n) is 7.90. The Morgan fingerprint density at radius 3 is 1.24 bits per heavy atom. The van der Waals surface area contributed by atoms with E-state index in [2.05, 4.69) is 125 Å². The summed E-state index contributed by atoms with van der Waals surface area (Å²) >= 11 is 4.54. The van der Waals surface area contributed by atoms with Gasteiger partial charge >= 0.3 is 204 Å². The van der Waals surface area contributed by atoms with Gasteiger partial charge < -0.3 is 0 Å². The summed E-state index contributed by atoms with van der Waals surface area (Å²) in [6.45, 7) is 0. The van der Waals surface area contributed by atoms with E-state index in [1.165, 1.54) is 15.9 Å². The van der Waals surface area contributed by atoms with E-state index in [-0.39, 0.29) is 0 Å². The molecule has 0 radical (unpaired) electrons. The number of hydrogen-bond donors (Lipinski definition) is 0. The zero-order valence-electron chi connectivity index (χ0n) is 18.1. The number of benzene rings is 5. The number of para-hydroxylation sites is 2. The van der Waals surface area contributed by atoms with Crippen molar-refractivity contribution in [3.63, 3.8) is 0 Å². The van der Waals surface area contributed by atoms with E-state index in [9.17, 15) is 0 Å². The molecule has 5 rings (SSSR count). The van der Waals surface area contributed by atoms with Crippen molar-refractivity contribution in [2.24, 2.45) is 0 Å². The number of hydrogen-bond acceptors (Lipinski definition) is 1. The second-order valence-corrected chi connectivity index (χ2v) is 16.2. The average Bonchev–Trinajstić information content (AvgIpc) is 2.91. The van der Waals surface area contributed by atoms with Crippen molar-refractivity contribution in [1.82, 2.24) is 0 Å². The molecule has 0 aliphatic rings. The van der Waals surface area contributed by atoms with Gasteiger partial charge in [0, 0.05) is 0 Å². The molecule has 33 heavy (non-hydrogen) atoms. The van der Waals surface area contributed by atoms with Gasteiger partial charge in [-0.1, -0.05) is 0 Å². The summed E-state index contributed by atoms with van der Waals surface area (Å²) < 4.78 is 6.55. The maximum atomic E-state index is 6.55. The Labute approximate surface area is 203 Å². The van der Waals surface area contributed by atoms with Gasteiger partial charge in [-0.25, -0.2) is 0 Å². The minimum absolute atomic E-state index is 0.816. The standard InChI is InChI=1S/C30H24BrOP/c31-33(26-17-7-2-8-18-26,27-19-9-3-10-20-27,28-21-11-4-12-22-28)30-24-14-13-23-29(30)32-25-15-5-1-6-16-25/h1-24H. The van der Waals surface area contributed by atoms with Gasteiger partial charge in [-0.05, 0) is 0 Å². The first-order valence-corrected chi connectivity index (χ1v) is 15.2. The second kappa shape index (κ2) is 8.98. The van der Waals surface area contributed by atoms with E-state index in [4.69, 9.17) is 4.74 Å². The molecule has 0 bridgehead atoms. The van der Waals surface area contributed by atoms with E-state index < -0.39 is 5.31 Å². The van der Waals surface area contributed by atoms with Crippen LogP contribution in [0.15, 0.2) is 146 Å². The molecule has 0 fully saturated rings. The third kappa shape index (κ3) is 3.60. The summed E-state index contributed by atoms with van der Waals surface area (Å²) in [4.78, 5) is 0. The summed E-state index contributed by atoms with van der Waals surface area (Å²) in [5.74, 6) is 1.66. The van der Waals surface area contributed by atoms with Crippen molar-refractivity contribution < 1.29 is 4.74 Å². The monoisotopic (exact) mass is 510 g/mol. The van der Waals surface area contributed by atoms with E-state index >= 15 is 0 Å². The Bertz CT molecular complexity index is 1240. The molecule has 0 spiro atoms. The first-order valence-electron chi connectivity index (χ1n) is 10.9. The van der Waals surface area contributed by atoms with E-state index in [0.717, 1.165) is 16.8 Å². The van der Waals surface area contributed by atoms with Crippen molar-refractivity contribution in [2.45, 2.75) is 0 Å². The van der Waals surface area contributed by atoms with Gasteiger partial charge in [0.15, 0.2) is 0 Å². The van der Waals surface area contributed by atoms with E-state index in [0.29, 0.717) is 0 Å². The fraction of sp³-hybridized carbons (Fsp3) is 0. The molecule has 0 N–H and O–H groups in total. The first-order chi connectivity index (χ1) is 16.2. The molecule has 0 heterocycles. The van der Waals surface area contributed by atoms with Crippen LogP contribution in [-0.2, 0) is 0 Å². The van der Waals surface area contributed by atoms with Crippen molar-refractivity contribution >= 4 is 42.0 Å². The average molecular weight is 511 g/mol.